The molecule has 1 heterocycles. The van der Waals surface area contributed by atoms with E-state index in [2.05, 4.69) is 4.98 Å². The molecule has 1 aromatic carbocycles. The number of ether oxygens (including phenoxy) is 2. The third kappa shape index (κ3) is 4.49. The molecule has 24 heavy (non-hydrogen) atoms. The summed E-state index contributed by atoms with van der Waals surface area (Å²) in [5.74, 6) is -1.65. The summed E-state index contributed by atoms with van der Waals surface area (Å²) < 4.78 is 24.6. The Morgan fingerprint density at radius 2 is 2.00 bits per heavy atom. The highest BCUT2D eigenvalue weighted by molar-refractivity contribution is 6.32. The van der Waals surface area contributed by atoms with E-state index in [-0.39, 0.29) is 28.6 Å². The van der Waals surface area contributed by atoms with Gasteiger partial charge in [0.25, 0.3) is 0 Å². The van der Waals surface area contributed by atoms with E-state index in [0.717, 1.165) is 12.1 Å². The molecule has 0 spiro atoms. The van der Waals surface area contributed by atoms with E-state index in [1.54, 1.807) is 0 Å². The SMILES string of the molecule is CC(C)Oc1ncc(OCc2cc(F)c(C(=O)O)cc2Cl)cc1Cl. The van der Waals surface area contributed by atoms with E-state index in [1.807, 2.05) is 13.8 Å². The number of carboxylic acid groups (broad SMARTS) is 1. The summed E-state index contributed by atoms with van der Waals surface area (Å²) in [5, 5.41) is 9.21. The predicted octanol–water partition coefficient (Wildman–Crippen LogP) is 4.59. The number of aromatic carboxylic acids is 1. The maximum atomic E-state index is 13.7. The zero-order valence-electron chi connectivity index (χ0n) is 12.8. The summed E-state index contributed by atoms with van der Waals surface area (Å²) >= 11 is 12.0. The molecule has 0 atom stereocenters. The summed E-state index contributed by atoms with van der Waals surface area (Å²) in [4.78, 5) is 14.9. The lowest BCUT2D eigenvalue weighted by Crippen LogP contribution is -2.07. The molecule has 5 nitrogen and oxygen atoms in total. The number of hydrogen-bond acceptors (Lipinski definition) is 4. The number of hydrogen-bond donors (Lipinski definition) is 1. The van der Waals surface area contributed by atoms with Gasteiger partial charge in [0.2, 0.25) is 5.88 Å². The van der Waals surface area contributed by atoms with Gasteiger partial charge in [-0.1, -0.05) is 23.2 Å². The molecule has 0 amide bonds. The van der Waals surface area contributed by atoms with Crippen molar-refractivity contribution in [2.24, 2.45) is 0 Å². The van der Waals surface area contributed by atoms with Crippen LogP contribution in [0.5, 0.6) is 11.6 Å². The van der Waals surface area contributed by atoms with E-state index in [0.29, 0.717) is 11.3 Å². The van der Waals surface area contributed by atoms with Crippen molar-refractivity contribution in [1.29, 1.82) is 0 Å². The number of carbonyl (C=O) groups is 1. The van der Waals surface area contributed by atoms with Gasteiger partial charge in [-0.05, 0) is 26.0 Å². The molecule has 2 rings (SSSR count). The predicted molar refractivity (Wildman–Crippen MR) is 87.7 cm³/mol. The fourth-order valence-corrected chi connectivity index (χ4v) is 2.24. The Morgan fingerprint density at radius 1 is 1.29 bits per heavy atom. The van der Waals surface area contributed by atoms with Gasteiger partial charge < -0.3 is 14.6 Å². The van der Waals surface area contributed by atoms with Gasteiger partial charge in [0, 0.05) is 16.7 Å². The first-order chi connectivity index (χ1) is 11.3. The average molecular weight is 374 g/mol. The molecule has 0 radical (unpaired) electrons. The Morgan fingerprint density at radius 3 is 2.58 bits per heavy atom. The second kappa shape index (κ2) is 7.68. The normalized spacial score (nSPS) is 10.8. The first-order valence-corrected chi connectivity index (χ1v) is 7.69. The molecule has 0 aliphatic heterocycles. The maximum absolute atomic E-state index is 13.7. The molecule has 0 fully saturated rings. The van der Waals surface area contributed by atoms with E-state index < -0.39 is 17.3 Å². The molecule has 0 aliphatic carbocycles. The minimum atomic E-state index is -1.39. The molecule has 1 N–H and O–H groups in total. The summed E-state index contributed by atoms with van der Waals surface area (Å²) in [6.07, 6.45) is 1.34. The first-order valence-electron chi connectivity index (χ1n) is 6.94. The number of aromatic nitrogens is 1. The second-order valence-electron chi connectivity index (χ2n) is 5.14. The molecule has 2 aromatic rings. The summed E-state index contributed by atoms with van der Waals surface area (Å²) in [5.41, 5.74) is -0.193. The zero-order valence-corrected chi connectivity index (χ0v) is 14.4. The summed E-state index contributed by atoms with van der Waals surface area (Å²) in [6.45, 7) is 3.62. The van der Waals surface area contributed by atoms with Gasteiger partial charge in [-0.25, -0.2) is 14.2 Å². The van der Waals surface area contributed by atoms with E-state index >= 15 is 0 Å². The zero-order chi connectivity index (χ0) is 17.9. The summed E-state index contributed by atoms with van der Waals surface area (Å²) in [7, 11) is 0. The Bertz CT molecular complexity index is 768. The molecular formula is C16H14Cl2FNO4. The van der Waals surface area contributed by atoms with E-state index in [4.69, 9.17) is 37.8 Å². The lowest BCUT2D eigenvalue weighted by atomic mass is 10.1. The number of nitrogens with zero attached hydrogens (tertiary/aromatic N) is 1. The molecule has 0 saturated carbocycles. The van der Waals surface area contributed by atoms with Crippen molar-refractivity contribution in [2.75, 3.05) is 0 Å². The molecule has 1 aromatic heterocycles. The van der Waals surface area contributed by atoms with Crippen molar-refractivity contribution < 1.29 is 23.8 Å². The molecule has 0 bridgehead atoms. The summed E-state index contributed by atoms with van der Waals surface area (Å²) in [6, 6.07) is 3.59. The lowest BCUT2D eigenvalue weighted by Gasteiger charge is -2.12. The Balaban J connectivity index is 2.12. The highest BCUT2D eigenvalue weighted by Gasteiger charge is 2.15. The Kier molecular flexibility index (Phi) is 5.85. The van der Waals surface area contributed by atoms with E-state index in [1.165, 1.54) is 12.3 Å². The molecule has 128 valence electrons. The number of halogens is 3. The number of pyridine rings is 1. The third-order valence-electron chi connectivity index (χ3n) is 2.89. The fourth-order valence-electron chi connectivity index (χ4n) is 1.82. The first kappa shape index (κ1) is 18.3. The van der Waals surface area contributed by atoms with Crippen LogP contribution in [0.15, 0.2) is 24.4 Å². The van der Waals surface area contributed by atoms with Gasteiger partial charge in [-0.2, -0.15) is 0 Å². The van der Waals surface area contributed by atoms with Crippen molar-refractivity contribution in [3.05, 3.63) is 51.4 Å². The molecular weight excluding hydrogens is 360 g/mol. The highest BCUT2D eigenvalue weighted by Crippen LogP contribution is 2.28. The molecule has 0 saturated heterocycles. The van der Waals surface area contributed by atoms with Gasteiger partial charge in [-0.15, -0.1) is 0 Å². The number of benzene rings is 1. The monoisotopic (exact) mass is 373 g/mol. The average Bonchev–Trinajstić information content (AvgIpc) is 2.49. The standard InChI is InChI=1S/C16H14Cl2FNO4/c1-8(2)24-15-13(18)4-10(6-20-15)23-7-9-3-14(19)11(16(21)22)5-12(9)17/h3-6,8H,7H2,1-2H3,(H,21,22). The van der Waals surface area contributed by atoms with Crippen molar-refractivity contribution in [3.8, 4) is 11.6 Å². The minimum absolute atomic E-state index is 0.0714. The topological polar surface area (TPSA) is 68.7 Å². The van der Waals surface area contributed by atoms with Crippen LogP contribution in [-0.4, -0.2) is 22.2 Å². The van der Waals surface area contributed by atoms with Gasteiger partial charge >= 0.3 is 5.97 Å². The van der Waals surface area contributed by atoms with Gasteiger partial charge in [0.15, 0.2) is 0 Å². The highest BCUT2D eigenvalue weighted by atomic mass is 35.5. The third-order valence-corrected chi connectivity index (χ3v) is 3.51. The van der Waals surface area contributed by atoms with Crippen LogP contribution in [0.2, 0.25) is 10.0 Å². The van der Waals surface area contributed by atoms with Crippen molar-refractivity contribution in [3.63, 3.8) is 0 Å². The quantitative estimate of drug-likeness (QED) is 0.801. The van der Waals surface area contributed by atoms with Crippen LogP contribution in [0, 0.1) is 5.82 Å². The van der Waals surface area contributed by atoms with Crippen LogP contribution in [0.1, 0.15) is 29.8 Å². The Hall–Kier alpha value is -2.05. The van der Waals surface area contributed by atoms with Gasteiger partial charge in [0.05, 0.1) is 17.9 Å². The van der Waals surface area contributed by atoms with Crippen LogP contribution >= 0.6 is 23.2 Å². The van der Waals surface area contributed by atoms with Crippen molar-refractivity contribution in [2.45, 2.75) is 26.6 Å². The van der Waals surface area contributed by atoms with Crippen LogP contribution < -0.4 is 9.47 Å². The number of rotatable bonds is 6. The fraction of sp³-hybridized carbons (Fsp3) is 0.250. The molecule has 0 unspecified atom stereocenters. The lowest BCUT2D eigenvalue weighted by molar-refractivity contribution is 0.0691. The second-order valence-corrected chi connectivity index (χ2v) is 5.96. The van der Waals surface area contributed by atoms with E-state index in [9.17, 15) is 9.18 Å². The van der Waals surface area contributed by atoms with Crippen LogP contribution in [0.25, 0.3) is 0 Å². The smallest absolute Gasteiger partial charge is 0.338 e. The van der Waals surface area contributed by atoms with Crippen LogP contribution in [0.3, 0.4) is 0 Å². The van der Waals surface area contributed by atoms with Gasteiger partial charge in [-0.3, -0.25) is 0 Å². The maximum Gasteiger partial charge on any atom is 0.338 e. The largest absolute Gasteiger partial charge is 0.487 e. The minimum Gasteiger partial charge on any atom is -0.487 e. The van der Waals surface area contributed by atoms with Crippen LogP contribution in [-0.2, 0) is 6.61 Å². The van der Waals surface area contributed by atoms with Crippen molar-refractivity contribution >= 4 is 29.2 Å². The van der Waals surface area contributed by atoms with Crippen LogP contribution in [0.4, 0.5) is 4.39 Å². The number of carboxylic acids is 1. The molecule has 8 heteroatoms. The van der Waals surface area contributed by atoms with Crippen molar-refractivity contribution in [1.82, 2.24) is 4.98 Å². The Labute approximate surface area is 147 Å². The van der Waals surface area contributed by atoms with Gasteiger partial charge in [0.1, 0.15) is 23.2 Å². The molecule has 0 aliphatic rings.